The zero-order valence-corrected chi connectivity index (χ0v) is 16.8. The van der Waals surface area contributed by atoms with E-state index in [-0.39, 0.29) is 5.56 Å². The zero-order chi connectivity index (χ0) is 19.8. The Morgan fingerprint density at radius 2 is 1.83 bits per heavy atom. The number of rotatable bonds is 4. The lowest BCUT2D eigenvalue weighted by atomic mass is 9.82. The molecule has 0 saturated heterocycles. The molecule has 1 aromatic heterocycles. The lowest BCUT2D eigenvalue weighted by Crippen LogP contribution is -2.32. The number of likely N-dealkylation sites (N-methyl/N-ethyl adjacent to an activating group) is 1. The quantitative estimate of drug-likeness (QED) is 0.640. The molecule has 0 N–H and O–H groups in total. The zero-order valence-electron chi connectivity index (χ0n) is 16.8. The van der Waals surface area contributed by atoms with Crippen LogP contribution in [-0.2, 0) is 6.61 Å². The fourth-order valence-corrected chi connectivity index (χ4v) is 4.93. The van der Waals surface area contributed by atoms with Crippen LogP contribution < -0.4 is 15.2 Å². The van der Waals surface area contributed by atoms with E-state index in [1.54, 1.807) is 10.6 Å². The molecule has 0 spiro atoms. The summed E-state index contributed by atoms with van der Waals surface area (Å²) in [7, 11) is 2.21. The van der Waals surface area contributed by atoms with E-state index in [0.29, 0.717) is 24.3 Å². The third-order valence-electron chi connectivity index (χ3n) is 6.44. The molecule has 1 aliphatic heterocycles. The first-order valence-electron chi connectivity index (χ1n) is 10.5. The lowest BCUT2D eigenvalue weighted by molar-refractivity contribution is 0.305. The number of ether oxygens (including phenoxy) is 1. The molecule has 2 atom stereocenters. The molecule has 1 saturated carbocycles. The fourth-order valence-electron chi connectivity index (χ4n) is 4.93. The molecule has 5 rings (SSSR count). The van der Waals surface area contributed by atoms with Gasteiger partial charge in [-0.1, -0.05) is 43.2 Å². The summed E-state index contributed by atoms with van der Waals surface area (Å²) in [6.07, 6.45) is 6.94. The smallest absolute Gasteiger partial charge is 0.258 e. The van der Waals surface area contributed by atoms with Crippen molar-refractivity contribution in [2.24, 2.45) is 0 Å². The van der Waals surface area contributed by atoms with Gasteiger partial charge in [0.2, 0.25) is 0 Å². The van der Waals surface area contributed by atoms with Gasteiger partial charge in [0, 0.05) is 42.6 Å². The van der Waals surface area contributed by atoms with Gasteiger partial charge < -0.3 is 9.64 Å². The second-order valence-electron chi connectivity index (χ2n) is 8.16. The van der Waals surface area contributed by atoms with E-state index in [9.17, 15) is 4.79 Å². The topological polar surface area (TPSA) is 34.5 Å². The van der Waals surface area contributed by atoms with E-state index in [0.717, 1.165) is 11.3 Å². The van der Waals surface area contributed by atoms with Gasteiger partial charge in [-0.2, -0.15) is 0 Å². The van der Waals surface area contributed by atoms with Crippen LogP contribution in [0, 0.1) is 0 Å². The largest absolute Gasteiger partial charge is 0.489 e. The van der Waals surface area contributed by atoms with Gasteiger partial charge in [0.15, 0.2) is 0 Å². The molecule has 1 fully saturated rings. The summed E-state index contributed by atoms with van der Waals surface area (Å²) >= 11 is 0. The van der Waals surface area contributed by atoms with Crippen molar-refractivity contribution in [1.82, 2.24) is 4.57 Å². The van der Waals surface area contributed by atoms with Crippen molar-refractivity contribution in [2.75, 3.05) is 11.9 Å². The molecule has 0 radical (unpaired) electrons. The van der Waals surface area contributed by atoms with E-state index in [4.69, 9.17) is 4.74 Å². The molecular formula is C25H26N2O2. The van der Waals surface area contributed by atoms with Crippen LogP contribution >= 0.6 is 0 Å². The third-order valence-corrected chi connectivity index (χ3v) is 6.44. The van der Waals surface area contributed by atoms with Gasteiger partial charge in [0.25, 0.3) is 5.56 Å². The average Bonchev–Trinajstić information content (AvgIpc) is 3.05. The molecule has 2 aliphatic rings. The maximum atomic E-state index is 12.8. The Morgan fingerprint density at radius 1 is 1.00 bits per heavy atom. The average molecular weight is 386 g/mol. The van der Waals surface area contributed by atoms with Crippen LogP contribution in [0.4, 0.5) is 5.69 Å². The van der Waals surface area contributed by atoms with Crippen molar-refractivity contribution in [3.8, 4) is 11.4 Å². The maximum Gasteiger partial charge on any atom is 0.258 e. The number of nitrogens with zero attached hydrogens (tertiary/aromatic N) is 2. The Bertz CT molecular complexity index is 1070. The summed E-state index contributed by atoms with van der Waals surface area (Å²) in [5, 5.41) is 0. The van der Waals surface area contributed by atoms with E-state index >= 15 is 0 Å². The lowest BCUT2D eigenvalue weighted by Gasteiger charge is -2.30. The van der Waals surface area contributed by atoms with Crippen LogP contribution in [0.1, 0.15) is 42.7 Å². The van der Waals surface area contributed by atoms with Crippen molar-refractivity contribution in [2.45, 2.75) is 44.2 Å². The maximum absolute atomic E-state index is 12.8. The van der Waals surface area contributed by atoms with E-state index < -0.39 is 0 Å². The number of pyridine rings is 1. The number of aromatic nitrogens is 1. The molecule has 2 heterocycles. The van der Waals surface area contributed by atoms with E-state index in [1.807, 2.05) is 42.6 Å². The first-order chi connectivity index (χ1) is 14.2. The van der Waals surface area contributed by atoms with Crippen molar-refractivity contribution >= 4 is 5.69 Å². The Kier molecular flexibility index (Phi) is 4.62. The Labute approximate surface area is 171 Å². The first-order valence-corrected chi connectivity index (χ1v) is 10.5. The first kappa shape index (κ1) is 18.0. The molecule has 1 aliphatic carbocycles. The molecule has 4 heteroatoms. The van der Waals surface area contributed by atoms with Gasteiger partial charge in [-0.05, 0) is 48.2 Å². The molecular weight excluding hydrogens is 360 g/mol. The molecule has 2 aromatic carbocycles. The summed E-state index contributed by atoms with van der Waals surface area (Å²) in [6, 6.07) is 20.5. The molecule has 3 aromatic rings. The highest BCUT2D eigenvalue weighted by Crippen LogP contribution is 2.47. The SMILES string of the molecule is CN1c2ccc(-n3ccc(OCc4ccccc4)cc3=O)cc2C2CCCCC21. The van der Waals surface area contributed by atoms with Crippen LogP contribution in [0.2, 0.25) is 0 Å². The highest BCUT2D eigenvalue weighted by molar-refractivity contribution is 5.64. The second kappa shape index (κ2) is 7.43. The Morgan fingerprint density at radius 3 is 2.66 bits per heavy atom. The van der Waals surface area contributed by atoms with Crippen molar-refractivity contribution < 1.29 is 4.74 Å². The highest BCUT2D eigenvalue weighted by atomic mass is 16.5. The van der Waals surface area contributed by atoms with Crippen LogP contribution in [-0.4, -0.2) is 17.7 Å². The summed E-state index contributed by atoms with van der Waals surface area (Å²) in [4.78, 5) is 15.2. The van der Waals surface area contributed by atoms with E-state index in [2.05, 4.69) is 30.1 Å². The van der Waals surface area contributed by atoms with Crippen molar-refractivity contribution in [3.05, 3.63) is 88.3 Å². The van der Waals surface area contributed by atoms with Gasteiger partial charge in [0.1, 0.15) is 12.4 Å². The predicted octanol–water partition coefficient (Wildman–Crippen LogP) is 4.89. The second-order valence-corrected chi connectivity index (χ2v) is 8.16. The predicted molar refractivity (Wildman–Crippen MR) is 116 cm³/mol. The molecule has 148 valence electrons. The number of fused-ring (bicyclic) bond motifs is 3. The van der Waals surface area contributed by atoms with Crippen LogP contribution in [0.15, 0.2) is 71.7 Å². The fraction of sp³-hybridized carbons (Fsp3) is 0.320. The molecule has 4 nitrogen and oxygen atoms in total. The molecule has 2 unspecified atom stereocenters. The molecule has 0 amide bonds. The minimum Gasteiger partial charge on any atom is -0.489 e. The summed E-state index contributed by atoms with van der Waals surface area (Å²) in [5.41, 5.74) is 4.67. The van der Waals surface area contributed by atoms with Gasteiger partial charge in [-0.3, -0.25) is 9.36 Å². The van der Waals surface area contributed by atoms with Gasteiger partial charge in [-0.15, -0.1) is 0 Å². The third kappa shape index (κ3) is 3.33. The molecule has 29 heavy (non-hydrogen) atoms. The number of hydrogen-bond acceptors (Lipinski definition) is 3. The normalized spacial score (nSPS) is 20.2. The van der Waals surface area contributed by atoms with Crippen LogP contribution in [0.5, 0.6) is 5.75 Å². The van der Waals surface area contributed by atoms with Crippen molar-refractivity contribution in [1.29, 1.82) is 0 Å². The van der Waals surface area contributed by atoms with Crippen LogP contribution in [0.3, 0.4) is 0 Å². The minimum absolute atomic E-state index is 0.0675. The monoisotopic (exact) mass is 386 g/mol. The summed E-state index contributed by atoms with van der Waals surface area (Å²) in [6.45, 7) is 0.457. The van der Waals surface area contributed by atoms with Crippen LogP contribution in [0.25, 0.3) is 5.69 Å². The van der Waals surface area contributed by atoms with Crippen molar-refractivity contribution in [3.63, 3.8) is 0 Å². The number of benzene rings is 2. The van der Waals surface area contributed by atoms with E-state index in [1.165, 1.54) is 36.9 Å². The minimum atomic E-state index is -0.0675. The van der Waals surface area contributed by atoms with Gasteiger partial charge in [-0.25, -0.2) is 0 Å². The Hall–Kier alpha value is -3.01. The standard InChI is InChI=1S/C25H26N2O2/c1-26-23-10-6-5-9-21(23)22-15-19(11-12-24(22)26)27-14-13-20(16-25(27)28)29-17-18-7-3-2-4-8-18/h2-4,7-8,11-16,21,23H,5-6,9-10,17H2,1H3. The Balaban J connectivity index is 1.40. The van der Waals surface area contributed by atoms with Gasteiger partial charge in [0.05, 0.1) is 0 Å². The highest BCUT2D eigenvalue weighted by Gasteiger charge is 2.37. The summed E-state index contributed by atoms with van der Waals surface area (Å²) in [5.74, 6) is 1.19. The van der Waals surface area contributed by atoms with Gasteiger partial charge >= 0.3 is 0 Å². The summed E-state index contributed by atoms with van der Waals surface area (Å²) < 4.78 is 7.52. The molecule has 0 bridgehead atoms. The number of anilines is 1. The number of hydrogen-bond donors (Lipinski definition) is 0.